The van der Waals surface area contributed by atoms with Gasteiger partial charge in [-0.05, 0) is 35.1 Å². The number of nitrogens with zero attached hydrogens (tertiary/aromatic N) is 1. The molecule has 0 heterocycles. The number of hydrogen-bond acceptors (Lipinski definition) is 3. The van der Waals surface area contributed by atoms with Gasteiger partial charge in [0.25, 0.3) is 0 Å². The fourth-order valence-electron chi connectivity index (χ4n) is 3.86. The SMILES string of the molecule is CN(C(=O)O)C1(CNC(=O)OCC2c3ccccc3-c3ccccc32)CC1. The molecular weight excluding hydrogens is 344 g/mol. The Morgan fingerprint density at radius 1 is 1.11 bits per heavy atom. The summed E-state index contributed by atoms with van der Waals surface area (Å²) in [6.07, 6.45) is 0.00240. The highest BCUT2D eigenvalue weighted by Gasteiger charge is 2.49. The predicted molar refractivity (Wildman–Crippen MR) is 101 cm³/mol. The average Bonchev–Trinajstić information content (AvgIpc) is 3.41. The maximum atomic E-state index is 12.2. The Morgan fingerprint density at radius 3 is 2.19 bits per heavy atom. The lowest BCUT2D eigenvalue weighted by atomic mass is 9.98. The third-order valence-corrected chi connectivity index (χ3v) is 5.73. The molecule has 2 aromatic carbocycles. The van der Waals surface area contributed by atoms with Crippen molar-refractivity contribution in [3.63, 3.8) is 0 Å². The van der Waals surface area contributed by atoms with Crippen molar-refractivity contribution in [2.24, 2.45) is 0 Å². The molecule has 2 N–H and O–H groups in total. The van der Waals surface area contributed by atoms with Gasteiger partial charge in [-0.25, -0.2) is 9.59 Å². The van der Waals surface area contributed by atoms with E-state index in [1.54, 1.807) is 0 Å². The van der Waals surface area contributed by atoms with Crippen molar-refractivity contribution in [3.05, 3.63) is 59.7 Å². The van der Waals surface area contributed by atoms with Crippen LogP contribution in [0.4, 0.5) is 9.59 Å². The van der Waals surface area contributed by atoms with Crippen LogP contribution in [0.15, 0.2) is 48.5 Å². The lowest BCUT2D eigenvalue weighted by Crippen LogP contribution is -2.46. The highest BCUT2D eigenvalue weighted by Crippen LogP contribution is 2.44. The summed E-state index contributed by atoms with van der Waals surface area (Å²) in [5, 5.41) is 11.9. The molecule has 0 atom stereocenters. The minimum atomic E-state index is -0.984. The number of ether oxygens (including phenoxy) is 1. The van der Waals surface area contributed by atoms with Crippen molar-refractivity contribution in [3.8, 4) is 11.1 Å². The van der Waals surface area contributed by atoms with Crippen LogP contribution in [0.5, 0.6) is 0 Å². The van der Waals surface area contributed by atoms with Crippen molar-refractivity contribution in [1.82, 2.24) is 10.2 Å². The van der Waals surface area contributed by atoms with Gasteiger partial charge in [0.1, 0.15) is 6.61 Å². The monoisotopic (exact) mass is 366 g/mol. The summed E-state index contributed by atoms with van der Waals surface area (Å²) >= 11 is 0. The fourth-order valence-corrected chi connectivity index (χ4v) is 3.86. The third kappa shape index (κ3) is 3.12. The number of benzene rings is 2. The molecule has 0 aromatic heterocycles. The molecule has 6 heteroatoms. The van der Waals surface area contributed by atoms with Crippen LogP contribution in [0.25, 0.3) is 11.1 Å². The largest absolute Gasteiger partial charge is 0.465 e. The van der Waals surface area contributed by atoms with Gasteiger partial charge >= 0.3 is 12.2 Å². The van der Waals surface area contributed by atoms with E-state index in [0.717, 1.165) is 24.0 Å². The summed E-state index contributed by atoms with van der Waals surface area (Å²) in [6.45, 7) is 0.522. The maximum absolute atomic E-state index is 12.2. The number of amides is 2. The molecule has 2 amide bonds. The van der Waals surface area contributed by atoms with Gasteiger partial charge in [0, 0.05) is 19.5 Å². The zero-order valence-electron chi connectivity index (χ0n) is 15.1. The zero-order chi connectivity index (χ0) is 19.0. The van der Waals surface area contributed by atoms with Gasteiger partial charge in [-0.2, -0.15) is 0 Å². The molecule has 0 unspecified atom stereocenters. The lowest BCUT2D eigenvalue weighted by molar-refractivity contribution is 0.121. The Hall–Kier alpha value is -3.02. The first kappa shape index (κ1) is 17.4. The number of hydrogen-bond donors (Lipinski definition) is 2. The Morgan fingerprint density at radius 2 is 1.67 bits per heavy atom. The molecule has 2 aliphatic carbocycles. The molecule has 6 nitrogen and oxygen atoms in total. The van der Waals surface area contributed by atoms with E-state index in [0.29, 0.717) is 0 Å². The van der Waals surface area contributed by atoms with Crippen LogP contribution in [0.3, 0.4) is 0 Å². The number of likely N-dealkylation sites (N-methyl/N-ethyl adjacent to an activating group) is 1. The van der Waals surface area contributed by atoms with Gasteiger partial charge in [0.2, 0.25) is 0 Å². The van der Waals surface area contributed by atoms with Crippen LogP contribution >= 0.6 is 0 Å². The molecule has 140 valence electrons. The highest BCUT2D eigenvalue weighted by atomic mass is 16.5. The number of carboxylic acid groups (broad SMARTS) is 1. The second kappa shape index (κ2) is 6.61. The number of rotatable bonds is 5. The first-order valence-electron chi connectivity index (χ1n) is 9.07. The summed E-state index contributed by atoms with van der Waals surface area (Å²) in [5.41, 5.74) is 4.20. The Labute approximate surface area is 157 Å². The molecule has 0 bridgehead atoms. The highest BCUT2D eigenvalue weighted by molar-refractivity contribution is 5.79. The Bertz CT molecular complexity index is 846. The van der Waals surface area contributed by atoms with Crippen LogP contribution in [0, 0.1) is 0 Å². The van der Waals surface area contributed by atoms with E-state index in [1.165, 1.54) is 23.1 Å². The van der Waals surface area contributed by atoms with E-state index in [4.69, 9.17) is 9.84 Å². The topological polar surface area (TPSA) is 78.9 Å². The maximum Gasteiger partial charge on any atom is 0.407 e. The van der Waals surface area contributed by atoms with E-state index >= 15 is 0 Å². The summed E-state index contributed by atoms with van der Waals surface area (Å²) in [5.74, 6) is 0.0136. The molecule has 1 fully saturated rings. The van der Waals surface area contributed by atoms with E-state index in [-0.39, 0.29) is 19.1 Å². The Kier molecular flexibility index (Phi) is 4.26. The normalized spacial score (nSPS) is 16.2. The van der Waals surface area contributed by atoms with Crippen LogP contribution < -0.4 is 5.32 Å². The number of carbonyl (C=O) groups is 2. The molecule has 0 saturated heterocycles. The van der Waals surface area contributed by atoms with Crippen molar-refractivity contribution in [2.75, 3.05) is 20.2 Å². The minimum Gasteiger partial charge on any atom is -0.465 e. The summed E-state index contributed by atoms with van der Waals surface area (Å²) in [6, 6.07) is 16.3. The summed E-state index contributed by atoms with van der Waals surface area (Å²) in [4.78, 5) is 24.6. The third-order valence-electron chi connectivity index (χ3n) is 5.73. The van der Waals surface area contributed by atoms with Crippen molar-refractivity contribution < 1.29 is 19.4 Å². The van der Waals surface area contributed by atoms with Gasteiger partial charge in [-0.1, -0.05) is 48.5 Å². The van der Waals surface area contributed by atoms with Crippen molar-refractivity contribution in [2.45, 2.75) is 24.3 Å². The van der Waals surface area contributed by atoms with Crippen LogP contribution in [-0.4, -0.2) is 47.9 Å². The van der Waals surface area contributed by atoms with E-state index in [9.17, 15) is 9.59 Å². The van der Waals surface area contributed by atoms with Gasteiger partial charge < -0.3 is 20.1 Å². The van der Waals surface area contributed by atoms with Gasteiger partial charge in [0.05, 0.1) is 5.54 Å². The summed E-state index contributed by atoms with van der Waals surface area (Å²) in [7, 11) is 1.54. The number of carbonyl (C=O) groups excluding carboxylic acids is 1. The average molecular weight is 366 g/mol. The standard InChI is InChI=1S/C21H22N2O4/c1-23(20(25)26)21(10-11-21)13-22-19(24)27-12-18-16-8-4-2-6-14(16)15-7-3-5-9-17(15)18/h2-9,18H,10-13H2,1H3,(H,22,24)(H,25,26). The second-order valence-electron chi connectivity index (χ2n) is 7.25. The molecule has 2 aromatic rings. The Balaban J connectivity index is 1.39. The summed E-state index contributed by atoms with van der Waals surface area (Å²) < 4.78 is 5.49. The molecule has 0 aliphatic heterocycles. The van der Waals surface area contributed by atoms with Crippen LogP contribution in [-0.2, 0) is 4.74 Å². The van der Waals surface area contributed by atoms with E-state index in [1.807, 2.05) is 24.3 Å². The first-order chi connectivity index (χ1) is 13.0. The van der Waals surface area contributed by atoms with Gasteiger partial charge in [0.15, 0.2) is 0 Å². The first-order valence-corrected chi connectivity index (χ1v) is 9.07. The van der Waals surface area contributed by atoms with Crippen LogP contribution in [0.1, 0.15) is 29.9 Å². The molecule has 0 radical (unpaired) electrons. The molecule has 4 rings (SSSR count). The second-order valence-corrected chi connectivity index (χ2v) is 7.25. The quantitative estimate of drug-likeness (QED) is 0.846. The molecule has 2 aliphatic rings. The van der Waals surface area contributed by atoms with E-state index < -0.39 is 17.7 Å². The zero-order valence-corrected chi connectivity index (χ0v) is 15.1. The van der Waals surface area contributed by atoms with Crippen LogP contribution in [0.2, 0.25) is 0 Å². The fraction of sp³-hybridized carbons (Fsp3) is 0.333. The molecular formula is C21H22N2O4. The molecule has 1 saturated carbocycles. The predicted octanol–water partition coefficient (Wildman–Crippen LogP) is 3.67. The molecule has 0 spiro atoms. The number of fused-ring (bicyclic) bond motifs is 3. The molecule has 27 heavy (non-hydrogen) atoms. The van der Waals surface area contributed by atoms with E-state index in [2.05, 4.69) is 29.6 Å². The number of nitrogens with one attached hydrogen (secondary N) is 1. The van der Waals surface area contributed by atoms with Crippen molar-refractivity contribution in [1.29, 1.82) is 0 Å². The lowest BCUT2D eigenvalue weighted by Gasteiger charge is -2.25. The van der Waals surface area contributed by atoms with Crippen molar-refractivity contribution >= 4 is 12.2 Å². The van der Waals surface area contributed by atoms with Gasteiger partial charge in [-0.3, -0.25) is 0 Å². The minimum absolute atomic E-state index is 0.0136. The number of alkyl carbamates (subject to hydrolysis) is 1. The van der Waals surface area contributed by atoms with Gasteiger partial charge in [-0.15, -0.1) is 0 Å². The smallest absolute Gasteiger partial charge is 0.407 e.